The van der Waals surface area contributed by atoms with Crippen LogP contribution in [0.5, 0.6) is 0 Å². The molecular formula is C12H8N6S2. The maximum absolute atomic E-state index is 6.14. The van der Waals surface area contributed by atoms with Gasteiger partial charge in [0, 0.05) is 22.5 Å². The molecule has 0 aliphatic rings. The summed E-state index contributed by atoms with van der Waals surface area (Å²) >= 11 is 2.65. The Kier molecular flexibility index (Phi) is 2.35. The third-order valence-corrected chi connectivity index (χ3v) is 4.54. The molecular weight excluding hydrogens is 292 g/mol. The van der Waals surface area contributed by atoms with Gasteiger partial charge >= 0.3 is 0 Å². The van der Waals surface area contributed by atoms with Gasteiger partial charge in [-0.25, -0.2) is 0 Å². The molecule has 2 aromatic heterocycles. The van der Waals surface area contributed by atoms with E-state index < -0.39 is 0 Å². The third-order valence-electron chi connectivity index (χ3n) is 3.16. The summed E-state index contributed by atoms with van der Waals surface area (Å²) in [6.07, 6.45) is 0. The van der Waals surface area contributed by atoms with E-state index in [-0.39, 0.29) is 0 Å². The summed E-state index contributed by atoms with van der Waals surface area (Å²) in [5.74, 6) is 0. The second kappa shape index (κ2) is 4.09. The molecule has 0 radical (unpaired) electrons. The van der Waals surface area contributed by atoms with E-state index in [0.29, 0.717) is 11.4 Å². The molecule has 0 unspecified atom stereocenters. The predicted octanol–water partition coefficient (Wildman–Crippen LogP) is 2.53. The molecule has 4 rings (SSSR count). The lowest BCUT2D eigenvalue weighted by molar-refractivity contribution is 1.19. The largest absolute Gasteiger partial charge is 0.398 e. The highest BCUT2D eigenvalue weighted by Gasteiger charge is 2.18. The van der Waals surface area contributed by atoms with Gasteiger partial charge in [-0.15, -0.1) is 10.2 Å². The van der Waals surface area contributed by atoms with E-state index in [1.54, 1.807) is 0 Å². The van der Waals surface area contributed by atoms with Crippen LogP contribution < -0.4 is 11.5 Å². The van der Waals surface area contributed by atoms with Crippen LogP contribution in [-0.2, 0) is 0 Å². The highest BCUT2D eigenvalue weighted by molar-refractivity contribution is 7.13. The van der Waals surface area contributed by atoms with Crippen LogP contribution >= 0.6 is 23.1 Å². The molecule has 2 aromatic carbocycles. The second-order valence-electron chi connectivity index (χ2n) is 4.30. The number of nitrogens with two attached hydrogens (primary N) is 2. The van der Waals surface area contributed by atoms with Gasteiger partial charge in [0.05, 0.1) is 9.40 Å². The molecule has 6 nitrogen and oxygen atoms in total. The van der Waals surface area contributed by atoms with Crippen LogP contribution in [0, 0.1) is 0 Å². The van der Waals surface area contributed by atoms with E-state index in [0.717, 1.165) is 31.6 Å². The molecule has 8 heteroatoms. The lowest BCUT2D eigenvalue weighted by Crippen LogP contribution is -1.96. The molecule has 2 heterocycles. The van der Waals surface area contributed by atoms with Crippen LogP contribution in [0.15, 0.2) is 24.3 Å². The first-order chi connectivity index (χ1) is 9.75. The zero-order valence-electron chi connectivity index (χ0n) is 10.1. The van der Waals surface area contributed by atoms with E-state index in [4.69, 9.17) is 11.5 Å². The van der Waals surface area contributed by atoms with Crippen molar-refractivity contribution in [1.29, 1.82) is 0 Å². The van der Waals surface area contributed by atoms with Gasteiger partial charge in [-0.05, 0) is 47.3 Å². The number of hydrogen-bond donors (Lipinski definition) is 2. The maximum Gasteiger partial charge on any atom is 0.116 e. The summed E-state index contributed by atoms with van der Waals surface area (Å²) in [6.45, 7) is 0. The topological polar surface area (TPSA) is 104 Å². The zero-order valence-corrected chi connectivity index (χ0v) is 11.7. The first kappa shape index (κ1) is 11.5. The van der Waals surface area contributed by atoms with Crippen molar-refractivity contribution in [2.45, 2.75) is 0 Å². The Morgan fingerprint density at radius 2 is 1.15 bits per heavy atom. The molecule has 0 amide bonds. The minimum atomic E-state index is 0.609. The van der Waals surface area contributed by atoms with Gasteiger partial charge in [0.25, 0.3) is 0 Å². The SMILES string of the molecule is Nc1ccc2snnc2c1-c1c(N)ccc2snnc12. The summed E-state index contributed by atoms with van der Waals surface area (Å²) in [5.41, 5.74) is 16.6. The van der Waals surface area contributed by atoms with Crippen LogP contribution in [0.25, 0.3) is 31.6 Å². The third kappa shape index (κ3) is 1.49. The number of nitrogen functional groups attached to an aromatic ring is 2. The van der Waals surface area contributed by atoms with E-state index in [9.17, 15) is 0 Å². The Morgan fingerprint density at radius 3 is 1.60 bits per heavy atom. The average molecular weight is 300 g/mol. The summed E-state index contributed by atoms with van der Waals surface area (Å²) in [6, 6.07) is 7.51. The molecule has 0 bridgehead atoms. The Hall–Kier alpha value is -2.32. The lowest BCUT2D eigenvalue weighted by atomic mass is 9.99. The predicted molar refractivity (Wildman–Crippen MR) is 82.6 cm³/mol. The summed E-state index contributed by atoms with van der Waals surface area (Å²) in [5, 5.41) is 8.35. The Balaban J connectivity index is 2.21. The molecule has 98 valence electrons. The van der Waals surface area contributed by atoms with Gasteiger partial charge in [0.15, 0.2) is 0 Å². The number of benzene rings is 2. The fraction of sp³-hybridized carbons (Fsp3) is 0. The van der Waals surface area contributed by atoms with Crippen molar-refractivity contribution in [3.63, 3.8) is 0 Å². The van der Waals surface area contributed by atoms with Gasteiger partial charge in [0.1, 0.15) is 11.0 Å². The first-order valence-electron chi connectivity index (χ1n) is 5.77. The number of fused-ring (bicyclic) bond motifs is 2. The number of rotatable bonds is 1. The highest BCUT2D eigenvalue weighted by atomic mass is 32.1. The van der Waals surface area contributed by atoms with Crippen LogP contribution in [-0.4, -0.2) is 19.2 Å². The smallest absolute Gasteiger partial charge is 0.116 e. The quantitative estimate of drug-likeness (QED) is 0.523. The van der Waals surface area contributed by atoms with Crippen LogP contribution in [0.4, 0.5) is 11.4 Å². The van der Waals surface area contributed by atoms with E-state index >= 15 is 0 Å². The maximum atomic E-state index is 6.14. The molecule has 0 spiro atoms. The Morgan fingerprint density at radius 1 is 0.700 bits per heavy atom. The van der Waals surface area contributed by atoms with Gasteiger partial charge in [-0.1, -0.05) is 8.98 Å². The summed E-state index contributed by atoms with van der Waals surface area (Å²) < 4.78 is 9.91. The van der Waals surface area contributed by atoms with Crippen molar-refractivity contribution in [1.82, 2.24) is 19.2 Å². The highest BCUT2D eigenvalue weighted by Crippen LogP contribution is 2.41. The molecule has 0 saturated carbocycles. The first-order valence-corrected chi connectivity index (χ1v) is 7.32. The number of hydrogen-bond acceptors (Lipinski definition) is 8. The molecule has 0 atom stereocenters. The monoisotopic (exact) mass is 300 g/mol. The molecule has 20 heavy (non-hydrogen) atoms. The standard InChI is InChI=1S/C12H8N6S2/c13-5-1-3-7-11(15-17-19-7)9(5)10-6(14)2-4-8-12(10)16-18-20-8/h1-4H,13-14H2. The van der Waals surface area contributed by atoms with Crippen LogP contribution in [0.3, 0.4) is 0 Å². The van der Waals surface area contributed by atoms with Crippen LogP contribution in [0.1, 0.15) is 0 Å². The fourth-order valence-corrected chi connectivity index (χ4v) is 3.39. The fourth-order valence-electron chi connectivity index (χ4n) is 2.26. The lowest BCUT2D eigenvalue weighted by Gasteiger charge is -2.09. The van der Waals surface area contributed by atoms with Crippen LogP contribution in [0.2, 0.25) is 0 Å². The molecule has 0 saturated heterocycles. The van der Waals surface area contributed by atoms with E-state index in [1.165, 1.54) is 23.1 Å². The minimum Gasteiger partial charge on any atom is -0.398 e. The second-order valence-corrected chi connectivity index (χ2v) is 5.87. The molecule has 0 fully saturated rings. The van der Waals surface area contributed by atoms with E-state index in [1.807, 2.05) is 24.3 Å². The van der Waals surface area contributed by atoms with Gasteiger partial charge in [-0.2, -0.15) is 0 Å². The molecule has 0 aliphatic heterocycles. The summed E-state index contributed by atoms with van der Waals surface area (Å²) in [7, 11) is 0. The van der Waals surface area contributed by atoms with E-state index in [2.05, 4.69) is 19.2 Å². The Bertz CT molecular complexity index is 864. The number of nitrogens with zero attached hydrogens (tertiary/aromatic N) is 4. The van der Waals surface area contributed by atoms with Gasteiger partial charge < -0.3 is 11.5 Å². The number of aromatic nitrogens is 4. The van der Waals surface area contributed by atoms with Crippen molar-refractivity contribution in [2.24, 2.45) is 0 Å². The molecule has 4 N–H and O–H groups in total. The van der Waals surface area contributed by atoms with Crippen molar-refractivity contribution >= 4 is 54.9 Å². The normalized spacial score (nSPS) is 11.4. The number of anilines is 2. The molecule has 0 aliphatic carbocycles. The Labute approximate surface area is 121 Å². The average Bonchev–Trinajstić information content (AvgIpc) is 3.08. The van der Waals surface area contributed by atoms with Crippen molar-refractivity contribution in [3.05, 3.63) is 24.3 Å². The summed E-state index contributed by atoms with van der Waals surface area (Å²) in [4.78, 5) is 0. The van der Waals surface area contributed by atoms with Crippen molar-refractivity contribution < 1.29 is 0 Å². The van der Waals surface area contributed by atoms with Crippen molar-refractivity contribution in [2.75, 3.05) is 11.5 Å². The van der Waals surface area contributed by atoms with Gasteiger partial charge in [0.2, 0.25) is 0 Å². The molecule has 4 aromatic rings. The zero-order chi connectivity index (χ0) is 13.7. The minimum absolute atomic E-state index is 0.609. The van der Waals surface area contributed by atoms with Crippen molar-refractivity contribution in [3.8, 4) is 11.1 Å². The van der Waals surface area contributed by atoms with Gasteiger partial charge in [-0.3, -0.25) is 0 Å².